The van der Waals surface area contributed by atoms with Gasteiger partial charge in [0, 0.05) is 16.5 Å². The highest BCUT2D eigenvalue weighted by Crippen LogP contribution is 2.51. The Kier molecular flexibility index (Phi) is 4.29. The predicted molar refractivity (Wildman–Crippen MR) is 150 cm³/mol. The summed E-state index contributed by atoms with van der Waals surface area (Å²) in [5.74, 6) is 0. The lowest BCUT2D eigenvalue weighted by Gasteiger charge is -2.42. The van der Waals surface area contributed by atoms with Crippen molar-refractivity contribution < 1.29 is 0 Å². The fourth-order valence-corrected chi connectivity index (χ4v) is 6.02. The summed E-state index contributed by atoms with van der Waals surface area (Å²) in [6, 6.07) is 41.3. The standard InChI is InChI=1S/C34H24N2/c1-34(2)30-11-5-7-13-32(30)36(33-14-8-6-12-31(33)34)26-16-15-22-17-24-18-25(21-35)27-9-3-4-10-28(27)29(24)20-23(22)19-26/h3-20H,1-2H3. The minimum atomic E-state index is -0.0753. The number of para-hydroxylation sites is 2. The zero-order valence-electron chi connectivity index (χ0n) is 20.3. The number of hydrogen-bond donors (Lipinski definition) is 0. The molecule has 1 aliphatic heterocycles. The molecule has 7 rings (SSSR count). The second kappa shape index (κ2) is 7.44. The van der Waals surface area contributed by atoms with Crippen LogP contribution in [0.5, 0.6) is 0 Å². The van der Waals surface area contributed by atoms with Crippen LogP contribution >= 0.6 is 0 Å². The molecule has 6 aromatic rings. The van der Waals surface area contributed by atoms with Crippen molar-refractivity contribution in [2.75, 3.05) is 4.90 Å². The molecule has 0 atom stereocenters. The molecule has 0 spiro atoms. The Hall–Kier alpha value is -4.61. The van der Waals surface area contributed by atoms with Gasteiger partial charge >= 0.3 is 0 Å². The van der Waals surface area contributed by atoms with Crippen LogP contribution in [0, 0.1) is 11.3 Å². The van der Waals surface area contributed by atoms with E-state index in [1.807, 2.05) is 24.3 Å². The molecule has 2 nitrogen and oxygen atoms in total. The summed E-state index contributed by atoms with van der Waals surface area (Å²) >= 11 is 0. The van der Waals surface area contributed by atoms with Crippen LogP contribution in [-0.4, -0.2) is 0 Å². The molecule has 170 valence electrons. The average molecular weight is 461 g/mol. The number of hydrogen-bond acceptors (Lipinski definition) is 2. The Bertz CT molecular complexity index is 1840. The molecule has 0 saturated heterocycles. The number of benzene rings is 6. The number of rotatable bonds is 1. The number of nitriles is 1. The van der Waals surface area contributed by atoms with Crippen molar-refractivity contribution >= 4 is 49.4 Å². The molecule has 0 radical (unpaired) electrons. The fraction of sp³-hybridized carbons (Fsp3) is 0.0882. The SMILES string of the molecule is CC1(C)c2ccccc2N(c2ccc3cc4cc(C#N)c5ccccc5c4cc3c2)c2ccccc21. The van der Waals surface area contributed by atoms with Crippen molar-refractivity contribution in [3.63, 3.8) is 0 Å². The van der Waals surface area contributed by atoms with Crippen molar-refractivity contribution in [3.05, 3.63) is 126 Å². The van der Waals surface area contributed by atoms with E-state index in [1.54, 1.807) is 0 Å². The van der Waals surface area contributed by atoms with Crippen LogP contribution in [0.3, 0.4) is 0 Å². The molecule has 0 bridgehead atoms. The van der Waals surface area contributed by atoms with Crippen molar-refractivity contribution in [2.45, 2.75) is 19.3 Å². The maximum absolute atomic E-state index is 9.73. The zero-order valence-corrected chi connectivity index (χ0v) is 20.3. The Morgan fingerprint density at radius 3 is 1.92 bits per heavy atom. The van der Waals surface area contributed by atoms with Gasteiger partial charge in [0.1, 0.15) is 0 Å². The van der Waals surface area contributed by atoms with Gasteiger partial charge < -0.3 is 4.90 Å². The Morgan fingerprint density at radius 1 is 0.583 bits per heavy atom. The van der Waals surface area contributed by atoms with Crippen molar-refractivity contribution in [1.82, 2.24) is 0 Å². The van der Waals surface area contributed by atoms with Gasteiger partial charge in [-0.1, -0.05) is 80.6 Å². The highest BCUT2D eigenvalue weighted by molar-refractivity contribution is 6.14. The van der Waals surface area contributed by atoms with E-state index in [0.29, 0.717) is 0 Å². The molecule has 0 N–H and O–H groups in total. The van der Waals surface area contributed by atoms with Gasteiger partial charge in [0.15, 0.2) is 0 Å². The fourth-order valence-electron chi connectivity index (χ4n) is 6.02. The first-order valence-corrected chi connectivity index (χ1v) is 12.3. The highest BCUT2D eigenvalue weighted by atomic mass is 15.2. The smallest absolute Gasteiger partial charge is 0.0998 e. The van der Waals surface area contributed by atoms with Gasteiger partial charge in [0.05, 0.1) is 23.0 Å². The first-order valence-electron chi connectivity index (χ1n) is 12.3. The van der Waals surface area contributed by atoms with Gasteiger partial charge in [-0.05, 0) is 80.5 Å². The second-order valence-corrected chi connectivity index (χ2v) is 10.2. The van der Waals surface area contributed by atoms with E-state index < -0.39 is 0 Å². The lowest BCUT2D eigenvalue weighted by atomic mass is 9.73. The zero-order chi connectivity index (χ0) is 24.4. The van der Waals surface area contributed by atoms with Gasteiger partial charge in [-0.15, -0.1) is 0 Å². The summed E-state index contributed by atoms with van der Waals surface area (Å²) in [6.45, 7) is 4.63. The normalized spacial score (nSPS) is 14.0. The van der Waals surface area contributed by atoms with Gasteiger partial charge in [-0.3, -0.25) is 0 Å². The van der Waals surface area contributed by atoms with Gasteiger partial charge in [0.25, 0.3) is 0 Å². The number of fused-ring (bicyclic) bond motifs is 6. The highest BCUT2D eigenvalue weighted by Gasteiger charge is 2.36. The lowest BCUT2D eigenvalue weighted by Crippen LogP contribution is -2.30. The van der Waals surface area contributed by atoms with Crippen molar-refractivity contribution in [2.24, 2.45) is 0 Å². The molecule has 1 aliphatic rings. The van der Waals surface area contributed by atoms with Crippen LogP contribution in [0.1, 0.15) is 30.5 Å². The maximum atomic E-state index is 9.73. The molecule has 6 aromatic carbocycles. The third-order valence-corrected chi connectivity index (χ3v) is 7.81. The van der Waals surface area contributed by atoms with Gasteiger partial charge in [-0.25, -0.2) is 0 Å². The average Bonchev–Trinajstić information content (AvgIpc) is 2.92. The monoisotopic (exact) mass is 460 g/mol. The van der Waals surface area contributed by atoms with E-state index in [2.05, 4.69) is 110 Å². The first-order chi connectivity index (χ1) is 17.6. The Labute approximate surface area is 210 Å². The predicted octanol–water partition coefficient (Wildman–Crippen LogP) is 9.13. The number of anilines is 3. The van der Waals surface area contributed by atoms with E-state index >= 15 is 0 Å². The van der Waals surface area contributed by atoms with E-state index in [9.17, 15) is 5.26 Å². The molecule has 0 fully saturated rings. The molecule has 0 amide bonds. The van der Waals surface area contributed by atoms with Crippen LogP contribution in [0.25, 0.3) is 32.3 Å². The minimum absolute atomic E-state index is 0.0753. The summed E-state index contributed by atoms with van der Waals surface area (Å²) in [5, 5.41) is 16.5. The van der Waals surface area contributed by atoms with E-state index in [0.717, 1.165) is 27.4 Å². The molecule has 0 saturated carbocycles. The molecule has 2 heteroatoms. The Morgan fingerprint density at radius 2 is 1.22 bits per heavy atom. The largest absolute Gasteiger partial charge is 0.310 e. The molecule has 0 aliphatic carbocycles. The summed E-state index contributed by atoms with van der Waals surface area (Å²) in [4.78, 5) is 2.40. The third kappa shape index (κ3) is 2.84. The third-order valence-electron chi connectivity index (χ3n) is 7.81. The van der Waals surface area contributed by atoms with Crippen LogP contribution in [0.15, 0.2) is 109 Å². The maximum Gasteiger partial charge on any atom is 0.0998 e. The summed E-state index contributed by atoms with van der Waals surface area (Å²) < 4.78 is 0. The van der Waals surface area contributed by atoms with Gasteiger partial charge in [0.2, 0.25) is 0 Å². The van der Waals surface area contributed by atoms with E-state index in [-0.39, 0.29) is 5.41 Å². The molecule has 0 aromatic heterocycles. The number of nitrogens with zero attached hydrogens (tertiary/aromatic N) is 2. The van der Waals surface area contributed by atoms with Crippen LogP contribution < -0.4 is 4.90 Å². The van der Waals surface area contributed by atoms with Crippen LogP contribution in [-0.2, 0) is 5.41 Å². The van der Waals surface area contributed by atoms with Crippen molar-refractivity contribution in [1.29, 1.82) is 5.26 Å². The molecule has 0 unspecified atom stereocenters. The van der Waals surface area contributed by atoms with E-state index in [4.69, 9.17) is 0 Å². The molecular formula is C34H24N2. The summed E-state index contributed by atoms with van der Waals surface area (Å²) in [6.07, 6.45) is 0. The summed E-state index contributed by atoms with van der Waals surface area (Å²) in [7, 11) is 0. The second-order valence-electron chi connectivity index (χ2n) is 10.2. The molecular weight excluding hydrogens is 436 g/mol. The Balaban J connectivity index is 1.50. The lowest BCUT2D eigenvalue weighted by molar-refractivity contribution is 0.632. The van der Waals surface area contributed by atoms with Crippen molar-refractivity contribution in [3.8, 4) is 6.07 Å². The van der Waals surface area contributed by atoms with Crippen LogP contribution in [0.2, 0.25) is 0 Å². The van der Waals surface area contributed by atoms with E-state index in [1.165, 1.54) is 38.7 Å². The van der Waals surface area contributed by atoms with Crippen LogP contribution in [0.4, 0.5) is 17.1 Å². The molecule has 36 heavy (non-hydrogen) atoms. The van der Waals surface area contributed by atoms with Gasteiger partial charge in [-0.2, -0.15) is 5.26 Å². The topological polar surface area (TPSA) is 27.0 Å². The summed E-state index contributed by atoms with van der Waals surface area (Å²) in [5.41, 5.74) is 6.91. The first kappa shape index (κ1) is 20.7. The minimum Gasteiger partial charge on any atom is -0.310 e. The molecule has 1 heterocycles. The quantitative estimate of drug-likeness (QED) is 0.181.